The monoisotopic (exact) mass is 427 g/mol. The average Bonchev–Trinajstić information content (AvgIpc) is 2.93. The number of amides is 1. The largest absolute Gasteiger partial charge is 0.405 e. The van der Waals surface area contributed by atoms with Gasteiger partial charge in [-0.3, -0.25) is 9.36 Å². The quantitative estimate of drug-likeness (QED) is 0.461. The van der Waals surface area contributed by atoms with Crippen LogP contribution in [0.3, 0.4) is 0 Å². The third-order valence-corrected chi connectivity index (χ3v) is 6.05. The molecule has 0 radical (unpaired) electrons. The lowest BCUT2D eigenvalue weighted by Crippen LogP contribution is -2.47. The van der Waals surface area contributed by atoms with Gasteiger partial charge in [0.2, 0.25) is 5.91 Å². The van der Waals surface area contributed by atoms with Gasteiger partial charge in [0.1, 0.15) is 12.0 Å². The van der Waals surface area contributed by atoms with E-state index in [1.54, 1.807) is 36.4 Å². The Bertz CT molecular complexity index is 909. The van der Waals surface area contributed by atoms with Crippen LogP contribution in [-0.2, 0) is 14.8 Å². The Hall–Kier alpha value is -2.15. The minimum atomic E-state index is -4.55. The number of alkyl halides is 3. The Labute approximate surface area is 166 Å². The average molecular weight is 427 g/mol. The fraction of sp³-hybridized carbons (Fsp3) is 0.350. The molecule has 0 unspecified atom stereocenters. The van der Waals surface area contributed by atoms with Crippen molar-refractivity contribution >= 4 is 13.5 Å². The molecule has 3 rings (SSSR count). The summed E-state index contributed by atoms with van der Waals surface area (Å²) in [5, 5.41) is 2.03. The first-order valence-corrected chi connectivity index (χ1v) is 10.9. The molecule has 0 saturated carbocycles. The molecular weight excluding hydrogens is 406 g/mol. The van der Waals surface area contributed by atoms with Crippen LogP contribution in [0.25, 0.3) is 11.1 Å². The molecule has 0 saturated heterocycles. The van der Waals surface area contributed by atoms with Crippen molar-refractivity contribution in [1.29, 1.82) is 0 Å². The Morgan fingerprint density at radius 1 is 0.966 bits per heavy atom. The molecule has 0 heterocycles. The van der Waals surface area contributed by atoms with E-state index in [4.69, 9.17) is 9.79 Å². The van der Waals surface area contributed by atoms with Crippen molar-refractivity contribution in [1.82, 2.24) is 5.32 Å². The van der Waals surface area contributed by atoms with Gasteiger partial charge in [0.25, 0.3) is 0 Å². The van der Waals surface area contributed by atoms with Crippen molar-refractivity contribution in [3.63, 3.8) is 0 Å². The van der Waals surface area contributed by atoms with Crippen LogP contribution in [0.5, 0.6) is 0 Å². The minimum Gasteiger partial charge on any atom is -0.346 e. The zero-order valence-corrected chi connectivity index (χ0v) is 16.3. The molecule has 0 atom stereocenters. The highest BCUT2D eigenvalue weighted by Gasteiger charge is 2.49. The SMILES string of the molecule is O=C(NCC(F)(F)F)C1(CCCCP(=O)(O)O)c2ccccc2-c2ccccc21. The number of unbranched alkanes of at least 4 members (excludes halogenated alkanes) is 1. The first-order chi connectivity index (χ1) is 13.5. The number of hydrogen-bond donors (Lipinski definition) is 3. The maximum atomic E-state index is 13.2. The number of hydrogen-bond acceptors (Lipinski definition) is 2. The Morgan fingerprint density at radius 3 is 1.97 bits per heavy atom. The molecule has 29 heavy (non-hydrogen) atoms. The molecule has 156 valence electrons. The summed E-state index contributed by atoms with van der Waals surface area (Å²) in [4.78, 5) is 31.3. The fourth-order valence-corrected chi connectivity index (χ4v) is 4.63. The first kappa shape index (κ1) is 21.6. The Kier molecular flexibility index (Phi) is 5.90. The van der Waals surface area contributed by atoms with E-state index in [2.05, 4.69) is 0 Å². The number of benzene rings is 2. The smallest absolute Gasteiger partial charge is 0.346 e. The molecule has 5 nitrogen and oxygen atoms in total. The molecule has 0 aliphatic heterocycles. The van der Waals surface area contributed by atoms with E-state index in [1.807, 2.05) is 17.4 Å². The number of carbonyl (C=O) groups is 1. The zero-order chi connectivity index (χ0) is 21.3. The lowest BCUT2D eigenvalue weighted by atomic mass is 9.73. The summed E-state index contributed by atoms with van der Waals surface area (Å²) in [6.07, 6.45) is -4.31. The van der Waals surface area contributed by atoms with Crippen molar-refractivity contribution in [2.24, 2.45) is 0 Å². The highest BCUT2D eigenvalue weighted by atomic mass is 31.2. The number of rotatable bonds is 7. The maximum absolute atomic E-state index is 13.2. The maximum Gasteiger partial charge on any atom is 0.405 e. The second-order valence-corrected chi connectivity index (χ2v) is 8.92. The molecule has 3 N–H and O–H groups in total. The van der Waals surface area contributed by atoms with Gasteiger partial charge in [-0.1, -0.05) is 55.0 Å². The van der Waals surface area contributed by atoms with E-state index in [0.29, 0.717) is 11.1 Å². The summed E-state index contributed by atoms with van der Waals surface area (Å²) in [7, 11) is -4.19. The van der Waals surface area contributed by atoms with Crippen molar-refractivity contribution in [2.75, 3.05) is 12.7 Å². The van der Waals surface area contributed by atoms with Crippen LogP contribution in [0, 0.1) is 0 Å². The van der Waals surface area contributed by atoms with Gasteiger partial charge < -0.3 is 15.1 Å². The van der Waals surface area contributed by atoms with Crippen molar-refractivity contribution in [3.05, 3.63) is 59.7 Å². The lowest BCUT2D eigenvalue weighted by molar-refractivity contribution is -0.141. The zero-order valence-electron chi connectivity index (χ0n) is 15.4. The molecule has 0 fully saturated rings. The van der Waals surface area contributed by atoms with E-state index in [9.17, 15) is 22.5 Å². The van der Waals surface area contributed by atoms with Crippen molar-refractivity contribution in [2.45, 2.75) is 30.9 Å². The molecule has 2 aromatic rings. The predicted octanol–water partition coefficient (Wildman–Crippen LogP) is 3.98. The molecule has 0 bridgehead atoms. The summed E-state index contributed by atoms with van der Waals surface area (Å²) < 4.78 is 49.4. The number of halogens is 3. The minimum absolute atomic E-state index is 0.144. The summed E-state index contributed by atoms with van der Waals surface area (Å²) >= 11 is 0. The van der Waals surface area contributed by atoms with Gasteiger partial charge in [0, 0.05) is 6.16 Å². The summed E-state index contributed by atoms with van der Waals surface area (Å²) in [5.41, 5.74) is 1.43. The first-order valence-electron chi connectivity index (χ1n) is 9.14. The molecule has 1 aliphatic rings. The summed E-state index contributed by atoms with van der Waals surface area (Å²) in [5.74, 6) is -0.761. The number of carbonyl (C=O) groups excluding carboxylic acids is 1. The lowest BCUT2D eigenvalue weighted by Gasteiger charge is -2.31. The third-order valence-electron chi connectivity index (χ3n) is 5.15. The van der Waals surface area contributed by atoms with Crippen LogP contribution in [0.2, 0.25) is 0 Å². The predicted molar refractivity (Wildman–Crippen MR) is 102 cm³/mol. The summed E-state index contributed by atoms with van der Waals surface area (Å²) in [6.45, 7) is -1.44. The third kappa shape index (κ3) is 4.55. The van der Waals surface area contributed by atoms with E-state index >= 15 is 0 Å². The Balaban J connectivity index is 2.01. The second-order valence-electron chi connectivity index (χ2n) is 7.14. The van der Waals surface area contributed by atoms with Gasteiger partial charge in [0.05, 0.1) is 0 Å². The highest BCUT2D eigenvalue weighted by molar-refractivity contribution is 7.51. The standard InChI is InChI=1S/C20H21F3NO4P/c21-20(22,23)13-24-18(25)19(11-5-6-12-29(26,27)28)16-9-3-1-7-14(16)15-8-2-4-10-17(15)19/h1-4,7-10H,5-6,11-13H2,(H,24,25)(H2,26,27,28). The van der Waals surface area contributed by atoms with Crippen molar-refractivity contribution in [3.8, 4) is 11.1 Å². The molecule has 0 spiro atoms. The van der Waals surface area contributed by atoms with E-state index in [1.165, 1.54) is 0 Å². The molecule has 1 aliphatic carbocycles. The van der Waals surface area contributed by atoms with Gasteiger partial charge in [-0.05, 0) is 35.1 Å². The van der Waals surface area contributed by atoms with Crippen molar-refractivity contribution < 1.29 is 32.3 Å². The molecule has 1 amide bonds. The molecular formula is C20H21F3NO4P. The van der Waals surface area contributed by atoms with Gasteiger partial charge in [0.15, 0.2) is 0 Å². The van der Waals surface area contributed by atoms with E-state index in [0.717, 1.165) is 11.1 Å². The van der Waals surface area contributed by atoms with Gasteiger partial charge in [-0.15, -0.1) is 0 Å². The van der Waals surface area contributed by atoms with E-state index in [-0.39, 0.29) is 25.4 Å². The fourth-order valence-electron chi connectivity index (χ4n) is 3.99. The van der Waals surface area contributed by atoms with Crippen LogP contribution in [-0.4, -0.2) is 34.6 Å². The topological polar surface area (TPSA) is 86.6 Å². The molecule has 9 heteroatoms. The molecule has 2 aromatic carbocycles. The van der Waals surface area contributed by atoms with Gasteiger partial charge >= 0.3 is 13.8 Å². The van der Waals surface area contributed by atoms with Crippen LogP contribution in [0.1, 0.15) is 30.4 Å². The van der Waals surface area contributed by atoms with Crippen LogP contribution in [0.15, 0.2) is 48.5 Å². The number of fused-ring (bicyclic) bond motifs is 3. The van der Waals surface area contributed by atoms with Crippen LogP contribution >= 0.6 is 7.60 Å². The van der Waals surface area contributed by atoms with Crippen LogP contribution in [0.4, 0.5) is 13.2 Å². The van der Waals surface area contributed by atoms with E-state index < -0.39 is 31.6 Å². The highest BCUT2D eigenvalue weighted by Crippen LogP contribution is 2.52. The second kappa shape index (κ2) is 7.94. The van der Waals surface area contributed by atoms with Crippen LogP contribution < -0.4 is 5.32 Å². The Morgan fingerprint density at radius 2 is 1.48 bits per heavy atom. The molecule has 0 aromatic heterocycles. The van der Waals surface area contributed by atoms with Gasteiger partial charge in [-0.2, -0.15) is 13.2 Å². The number of nitrogens with one attached hydrogen (secondary N) is 1. The normalized spacial score (nSPS) is 14.9. The van der Waals surface area contributed by atoms with Gasteiger partial charge in [-0.25, -0.2) is 0 Å². The summed E-state index contributed by atoms with van der Waals surface area (Å²) in [6, 6.07) is 14.2.